The zero-order valence-electron chi connectivity index (χ0n) is 19.9. The Kier molecular flexibility index (Phi) is 6.01. The standard InChI is InChI=1S/C27H26N6O2/c1-4-35-14-12-20-11-13-32-24(16-28-25(32)15-20)27(34)30-22-9-6-10-23-26(22)19(3)31-33(23)17-21-8-5-7-18(2)29-21/h5-16H,4,17H2,1-3H3,(H,30,34)/b14-12-. The minimum absolute atomic E-state index is 0.241. The number of nitrogens with zero attached hydrogens (tertiary/aromatic N) is 5. The van der Waals surface area contributed by atoms with Crippen molar-refractivity contribution in [1.29, 1.82) is 0 Å². The van der Waals surface area contributed by atoms with E-state index in [4.69, 9.17) is 9.84 Å². The second-order valence-corrected chi connectivity index (χ2v) is 8.26. The summed E-state index contributed by atoms with van der Waals surface area (Å²) in [6.45, 7) is 7.02. The summed E-state index contributed by atoms with van der Waals surface area (Å²) in [5, 5.41) is 8.70. The van der Waals surface area contributed by atoms with E-state index in [1.807, 2.05) is 86.3 Å². The third-order valence-electron chi connectivity index (χ3n) is 5.75. The number of carbonyl (C=O) groups is 1. The van der Waals surface area contributed by atoms with Crippen LogP contribution in [-0.4, -0.2) is 36.7 Å². The summed E-state index contributed by atoms with van der Waals surface area (Å²) >= 11 is 0. The van der Waals surface area contributed by atoms with Gasteiger partial charge in [0.25, 0.3) is 5.91 Å². The molecule has 0 unspecified atom stereocenters. The molecule has 0 saturated heterocycles. The number of rotatable bonds is 7. The topological polar surface area (TPSA) is 86.3 Å². The molecule has 35 heavy (non-hydrogen) atoms. The van der Waals surface area contributed by atoms with Gasteiger partial charge in [-0.2, -0.15) is 5.10 Å². The van der Waals surface area contributed by atoms with Gasteiger partial charge in [0.15, 0.2) is 0 Å². The van der Waals surface area contributed by atoms with Crippen LogP contribution in [0.2, 0.25) is 0 Å². The Bertz CT molecular complexity index is 1560. The zero-order chi connectivity index (χ0) is 24.4. The second kappa shape index (κ2) is 9.42. The number of nitrogens with one attached hydrogen (secondary N) is 1. The number of hydrogen-bond donors (Lipinski definition) is 1. The number of imidazole rings is 1. The van der Waals surface area contributed by atoms with Crippen molar-refractivity contribution in [3.63, 3.8) is 0 Å². The fraction of sp³-hybridized carbons (Fsp3) is 0.185. The fourth-order valence-electron chi connectivity index (χ4n) is 4.16. The van der Waals surface area contributed by atoms with Crippen molar-refractivity contribution in [1.82, 2.24) is 24.1 Å². The molecule has 0 fully saturated rings. The highest BCUT2D eigenvalue weighted by atomic mass is 16.5. The molecule has 1 N–H and O–H groups in total. The number of anilines is 1. The second-order valence-electron chi connectivity index (χ2n) is 8.26. The van der Waals surface area contributed by atoms with Crippen LogP contribution >= 0.6 is 0 Å². The number of hydrogen-bond acceptors (Lipinski definition) is 5. The van der Waals surface area contributed by atoms with E-state index in [0.717, 1.165) is 33.5 Å². The molecule has 5 rings (SSSR count). The average Bonchev–Trinajstić information content (AvgIpc) is 3.40. The van der Waals surface area contributed by atoms with Gasteiger partial charge >= 0.3 is 0 Å². The molecule has 0 atom stereocenters. The van der Waals surface area contributed by atoms with Crippen molar-refractivity contribution in [2.45, 2.75) is 27.3 Å². The Balaban J connectivity index is 1.43. The van der Waals surface area contributed by atoms with Gasteiger partial charge in [0.2, 0.25) is 0 Å². The molecule has 1 aromatic carbocycles. The number of aryl methyl sites for hydroxylation is 2. The molecule has 5 aromatic rings. The third kappa shape index (κ3) is 4.50. The van der Waals surface area contributed by atoms with Gasteiger partial charge in [-0.3, -0.25) is 18.9 Å². The Morgan fingerprint density at radius 1 is 1.14 bits per heavy atom. The summed E-state index contributed by atoms with van der Waals surface area (Å²) in [4.78, 5) is 22.2. The van der Waals surface area contributed by atoms with Gasteiger partial charge in [0, 0.05) is 17.3 Å². The summed E-state index contributed by atoms with van der Waals surface area (Å²) in [6, 6.07) is 15.6. The fourth-order valence-corrected chi connectivity index (χ4v) is 4.16. The molecule has 0 aliphatic carbocycles. The van der Waals surface area contributed by atoms with Gasteiger partial charge in [0.05, 0.1) is 48.2 Å². The molecule has 0 spiro atoms. The van der Waals surface area contributed by atoms with Crippen LogP contribution in [0.3, 0.4) is 0 Å². The highest BCUT2D eigenvalue weighted by Crippen LogP contribution is 2.28. The van der Waals surface area contributed by atoms with E-state index >= 15 is 0 Å². The smallest absolute Gasteiger partial charge is 0.274 e. The number of aromatic nitrogens is 5. The highest BCUT2D eigenvalue weighted by Gasteiger charge is 2.17. The summed E-state index contributed by atoms with van der Waals surface area (Å²) < 4.78 is 8.96. The molecule has 8 heteroatoms. The van der Waals surface area contributed by atoms with Crippen LogP contribution in [0, 0.1) is 13.8 Å². The van der Waals surface area contributed by atoms with E-state index < -0.39 is 0 Å². The quantitative estimate of drug-likeness (QED) is 0.341. The molecular formula is C27H26N6O2. The number of pyridine rings is 2. The normalized spacial score (nSPS) is 11.5. The van der Waals surface area contributed by atoms with E-state index in [2.05, 4.69) is 15.3 Å². The van der Waals surface area contributed by atoms with Gasteiger partial charge < -0.3 is 10.1 Å². The molecule has 0 bridgehead atoms. The van der Waals surface area contributed by atoms with E-state index in [1.165, 1.54) is 0 Å². The van der Waals surface area contributed by atoms with Crippen LogP contribution in [0.5, 0.6) is 0 Å². The molecule has 8 nitrogen and oxygen atoms in total. The third-order valence-corrected chi connectivity index (χ3v) is 5.75. The molecule has 4 aromatic heterocycles. The molecular weight excluding hydrogens is 440 g/mol. The molecule has 176 valence electrons. The van der Waals surface area contributed by atoms with Crippen molar-refractivity contribution in [3.05, 3.63) is 95.5 Å². The van der Waals surface area contributed by atoms with E-state index in [-0.39, 0.29) is 5.91 Å². The van der Waals surface area contributed by atoms with Crippen molar-refractivity contribution in [3.8, 4) is 0 Å². The number of benzene rings is 1. The highest BCUT2D eigenvalue weighted by molar-refractivity contribution is 6.08. The maximum atomic E-state index is 13.2. The first-order valence-corrected chi connectivity index (χ1v) is 11.5. The maximum absolute atomic E-state index is 13.2. The van der Waals surface area contributed by atoms with Crippen molar-refractivity contribution in [2.24, 2.45) is 0 Å². The molecule has 0 saturated carbocycles. The molecule has 1 amide bonds. The van der Waals surface area contributed by atoms with E-state index in [0.29, 0.717) is 30.2 Å². The predicted molar refractivity (Wildman–Crippen MR) is 136 cm³/mol. The minimum Gasteiger partial charge on any atom is -0.501 e. The van der Waals surface area contributed by atoms with Crippen LogP contribution in [0.4, 0.5) is 5.69 Å². The lowest BCUT2D eigenvalue weighted by Crippen LogP contribution is -2.14. The van der Waals surface area contributed by atoms with Crippen LogP contribution in [-0.2, 0) is 11.3 Å². The van der Waals surface area contributed by atoms with Crippen molar-refractivity contribution >= 4 is 34.2 Å². The summed E-state index contributed by atoms with van der Waals surface area (Å²) in [5.41, 5.74) is 6.46. The Hall–Kier alpha value is -4.46. The first-order chi connectivity index (χ1) is 17.0. The van der Waals surface area contributed by atoms with E-state index in [1.54, 1.807) is 16.9 Å². The lowest BCUT2D eigenvalue weighted by atomic mass is 10.1. The van der Waals surface area contributed by atoms with Crippen LogP contribution in [0.25, 0.3) is 22.6 Å². The number of amides is 1. The van der Waals surface area contributed by atoms with Crippen molar-refractivity contribution in [2.75, 3.05) is 11.9 Å². The average molecular weight is 467 g/mol. The number of fused-ring (bicyclic) bond motifs is 2. The van der Waals surface area contributed by atoms with Gasteiger partial charge in [-0.15, -0.1) is 0 Å². The first kappa shape index (κ1) is 22.3. The predicted octanol–water partition coefficient (Wildman–Crippen LogP) is 5.00. The lowest BCUT2D eigenvalue weighted by molar-refractivity contribution is 0.102. The largest absolute Gasteiger partial charge is 0.501 e. The number of ether oxygens (including phenoxy) is 1. The molecule has 4 heterocycles. The summed E-state index contributed by atoms with van der Waals surface area (Å²) in [6.07, 6.45) is 6.94. The Labute approximate surface area is 202 Å². The van der Waals surface area contributed by atoms with E-state index in [9.17, 15) is 4.79 Å². The first-order valence-electron chi connectivity index (χ1n) is 11.5. The maximum Gasteiger partial charge on any atom is 0.274 e. The summed E-state index contributed by atoms with van der Waals surface area (Å²) in [5.74, 6) is -0.241. The summed E-state index contributed by atoms with van der Waals surface area (Å²) in [7, 11) is 0. The van der Waals surface area contributed by atoms with Gasteiger partial charge in [-0.25, -0.2) is 4.98 Å². The molecule has 0 radical (unpaired) electrons. The Morgan fingerprint density at radius 2 is 2.00 bits per heavy atom. The van der Waals surface area contributed by atoms with Crippen molar-refractivity contribution < 1.29 is 9.53 Å². The zero-order valence-corrected chi connectivity index (χ0v) is 19.9. The van der Waals surface area contributed by atoms with Gasteiger partial charge in [0.1, 0.15) is 11.3 Å². The molecule has 0 aliphatic rings. The van der Waals surface area contributed by atoms with Gasteiger partial charge in [-0.1, -0.05) is 12.1 Å². The minimum atomic E-state index is -0.241. The monoisotopic (exact) mass is 466 g/mol. The SMILES string of the molecule is CCO/C=C\c1ccn2c(C(=O)Nc3cccc4c3c(C)nn4Cc3cccc(C)n3)cnc2c1. The van der Waals surface area contributed by atoms with Crippen LogP contribution in [0.15, 0.2) is 67.2 Å². The van der Waals surface area contributed by atoms with Crippen LogP contribution < -0.4 is 5.32 Å². The Morgan fingerprint density at radius 3 is 2.83 bits per heavy atom. The van der Waals surface area contributed by atoms with Crippen LogP contribution in [0.1, 0.15) is 40.1 Å². The lowest BCUT2D eigenvalue weighted by Gasteiger charge is -2.08. The molecule has 0 aliphatic heterocycles. The number of carbonyl (C=O) groups excluding carboxylic acids is 1. The van der Waals surface area contributed by atoms with Gasteiger partial charge in [-0.05, 0) is 68.8 Å².